The van der Waals surface area contributed by atoms with E-state index in [0.29, 0.717) is 22.2 Å². The second kappa shape index (κ2) is 7.27. The SMILES string of the molecule is Cc1ccc(NC(=O)c2csc(Nc3ccc(S(C)(=O)=O)cc3)n2)cc1. The van der Waals surface area contributed by atoms with Gasteiger partial charge in [0.2, 0.25) is 0 Å². The van der Waals surface area contributed by atoms with Crippen LogP contribution in [0.5, 0.6) is 0 Å². The Morgan fingerprint density at radius 3 is 2.23 bits per heavy atom. The van der Waals surface area contributed by atoms with Gasteiger partial charge < -0.3 is 10.6 Å². The second-order valence-corrected chi connectivity index (χ2v) is 8.65. The summed E-state index contributed by atoms with van der Waals surface area (Å²) in [6.07, 6.45) is 1.16. The van der Waals surface area contributed by atoms with Crippen molar-refractivity contribution in [3.8, 4) is 0 Å². The standard InChI is InChI=1S/C18H17N3O3S2/c1-12-3-5-13(6-4-12)19-17(22)16-11-25-18(21-16)20-14-7-9-15(10-8-14)26(2,23)24/h3-11H,1-2H3,(H,19,22)(H,20,21). The number of benzene rings is 2. The van der Waals surface area contributed by atoms with E-state index >= 15 is 0 Å². The lowest BCUT2D eigenvalue weighted by Crippen LogP contribution is -2.12. The van der Waals surface area contributed by atoms with Crippen LogP contribution in [0.25, 0.3) is 0 Å². The third kappa shape index (κ3) is 4.47. The molecule has 0 bridgehead atoms. The Morgan fingerprint density at radius 1 is 1.00 bits per heavy atom. The van der Waals surface area contributed by atoms with E-state index in [-0.39, 0.29) is 10.8 Å². The maximum absolute atomic E-state index is 12.3. The molecule has 0 unspecified atom stereocenters. The fraction of sp³-hybridized carbons (Fsp3) is 0.111. The van der Waals surface area contributed by atoms with Crippen molar-refractivity contribution >= 4 is 43.6 Å². The first-order valence-electron chi connectivity index (χ1n) is 7.72. The first kappa shape index (κ1) is 18.1. The highest BCUT2D eigenvalue weighted by Gasteiger charge is 2.12. The van der Waals surface area contributed by atoms with Crippen molar-refractivity contribution in [2.75, 3.05) is 16.9 Å². The normalized spacial score (nSPS) is 11.2. The molecule has 0 aliphatic rings. The summed E-state index contributed by atoms with van der Waals surface area (Å²) in [4.78, 5) is 16.8. The van der Waals surface area contributed by atoms with Crippen LogP contribution < -0.4 is 10.6 Å². The van der Waals surface area contributed by atoms with Crippen LogP contribution in [0.4, 0.5) is 16.5 Å². The van der Waals surface area contributed by atoms with Crippen LogP contribution in [0.1, 0.15) is 16.1 Å². The average Bonchev–Trinajstić information content (AvgIpc) is 3.05. The highest BCUT2D eigenvalue weighted by molar-refractivity contribution is 7.90. The van der Waals surface area contributed by atoms with Crippen molar-refractivity contribution in [3.05, 3.63) is 65.2 Å². The molecular weight excluding hydrogens is 370 g/mol. The molecule has 134 valence electrons. The molecule has 3 aromatic rings. The van der Waals surface area contributed by atoms with Gasteiger partial charge in [-0.15, -0.1) is 11.3 Å². The van der Waals surface area contributed by atoms with Gasteiger partial charge in [-0.2, -0.15) is 0 Å². The van der Waals surface area contributed by atoms with Gasteiger partial charge in [-0.25, -0.2) is 13.4 Å². The number of sulfone groups is 1. The molecule has 1 heterocycles. The highest BCUT2D eigenvalue weighted by atomic mass is 32.2. The summed E-state index contributed by atoms with van der Waals surface area (Å²) in [6.45, 7) is 1.98. The van der Waals surface area contributed by atoms with Gasteiger partial charge in [0.05, 0.1) is 4.90 Å². The molecule has 0 saturated carbocycles. The lowest BCUT2D eigenvalue weighted by Gasteiger charge is -2.04. The summed E-state index contributed by atoms with van der Waals surface area (Å²) < 4.78 is 22.9. The molecule has 0 fully saturated rings. The predicted octanol–water partition coefficient (Wildman–Crippen LogP) is 3.85. The Labute approximate surface area is 155 Å². The molecule has 1 amide bonds. The number of anilines is 3. The summed E-state index contributed by atoms with van der Waals surface area (Å²) in [5, 5.41) is 8.07. The largest absolute Gasteiger partial charge is 0.332 e. The number of aromatic nitrogens is 1. The van der Waals surface area contributed by atoms with Gasteiger partial charge >= 0.3 is 0 Å². The third-order valence-electron chi connectivity index (χ3n) is 3.58. The summed E-state index contributed by atoms with van der Waals surface area (Å²) in [6, 6.07) is 13.9. The van der Waals surface area contributed by atoms with Crippen molar-refractivity contribution in [3.63, 3.8) is 0 Å². The molecule has 8 heteroatoms. The lowest BCUT2D eigenvalue weighted by atomic mass is 10.2. The zero-order chi connectivity index (χ0) is 18.7. The quantitative estimate of drug-likeness (QED) is 0.694. The number of nitrogens with zero attached hydrogens (tertiary/aromatic N) is 1. The Balaban J connectivity index is 1.67. The minimum Gasteiger partial charge on any atom is -0.332 e. The summed E-state index contributed by atoms with van der Waals surface area (Å²) in [7, 11) is -3.23. The van der Waals surface area contributed by atoms with Crippen LogP contribution in [0.3, 0.4) is 0 Å². The number of aryl methyl sites for hydroxylation is 1. The van der Waals surface area contributed by atoms with Gasteiger partial charge in [0, 0.05) is 23.0 Å². The highest BCUT2D eigenvalue weighted by Crippen LogP contribution is 2.23. The molecule has 2 aromatic carbocycles. The molecule has 3 rings (SSSR count). The minimum atomic E-state index is -3.23. The van der Waals surface area contributed by atoms with Crippen molar-refractivity contribution in [1.29, 1.82) is 0 Å². The molecule has 0 radical (unpaired) electrons. The molecule has 0 saturated heterocycles. The van der Waals surface area contributed by atoms with E-state index in [2.05, 4.69) is 15.6 Å². The first-order valence-corrected chi connectivity index (χ1v) is 10.5. The maximum atomic E-state index is 12.3. The summed E-state index contributed by atoms with van der Waals surface area (Å²) in [5.74, 6) is -0.287. The van der Waals surface area contributed by atoms with Crippen LogP contribution in [0.2, 0.25) is 0 Å². The Morgan fingerprint density at radius 2 is 1.62 bits per heavy atom. The summed E-state index contributed by atoms with van der Waals surface area (Å²) in [5.41, 5.74) is 2.83. The van der Waals surface area contributed by atoms with Crippen LogP contribution in [-0.4, -0.2) is 25.6 Å². The van der Waals surface area contributed by atoms with Gasteiger partial charge in [-0.1, -0.05) is 17.7 Å². The van der Waals surface area contributed by atoms with Gasteiger partial charge in [0.1, 0.15) is 5.69 Å². The topological polar surface area (TPSA) is 88.2 Å². The molecule has 1 aromatic heterocycles. The van der Waals surface area contributed by atoms with E-state index in [1.54, 1.807) is 17.5 Å². The van der Waals surface area contributed by atoms with Crippen LogP contribution in [0, 0.1) is 6.92 Å². The number of hydrogen-bond acceptors (Lipinski definition) is 6. The first-order chi connectivity index (χ1) is 12.3. The number of thiazole rings is 1. The fourth-order valence-corrected chi connectivity index (χ4v) is 3.52. The van der Waals surface area contributed by atoms with Gasteiger partial charge in [-0.3, -0.25) is 4.79 Å². The van der Waals surface area contributed by atoms with E-state index in [9.17, 15) is 13.2 Å². The zero-order valence-electron chi connectivity index (χ0n) is 14.2. The van der Waals surface area contributed by atoms with E-state index in [1.165, 1.54) is 23.5 Å². The number of nitrogens with one attached hydrogen (secondary N) is 2. The van der Waals surface area contributed by atoms with Crippen molar-refractivity contribution in [2.24, 2.45) is 0 Å². The summed E-state index contributed by atoms with van der Waals surface area (Å²) >= 11 is 1.29. The minimum absolute atomic E-state index is 0.250. The van der Waals surface area contributed by atoms with E-state index in [1.807, 2.05) is 31.2 Å². The number of hydrogen-bond donors (Lipinski definition) is 2. The molecule has 2 N–H and O–H groups in total. The number of carbonyl (C=O) groups is 1. The number of rotatable bonds is 5. The molecule has 0 atom stereocenters. The second-order valence-electron chi connectivity index (χ2n) is 5.78. The number of amides is 1. The monoisotopic (exact) mass is 387 g/mol. The molecule has 0 aliphatic carbocycles. The van der Waals surface area contributed by atoms with Crippen LogP contribution in [-0.2, 0) is 9.84 Å². The van der Waals surface area contributed by atoms with Crippen molar-refractivity contribution < 1.29 is 13.2 Å². The maximum Gasteiger partial charge on any atom is 0.275 e. The smallest absolute Gasteiger partial charge is 0.275 e. The Hall–Kier alpha value is -2.71. The van der Waals surface area contributed by atoms with Gasteiger partial charge in [-0.05, 0) is 43.3 Å². The van der Waals surface area contributed by atoms with Crippen molar-refractivity contribution in [1.82, 2.24) is 4.98 Å². The molecule has 0 spiro atoms. The molecular formula is C18H17N3O3S2. The number of carbonyl (C=O) groups excluding carboxylic acids is 1. The average molecular weight is 387 g/mol. The van der Waals surface area contributed by atoms with E-state index in [0.717, 1.165) is 11.8 Å². The van der Waals surface area contributed by atoms with Crippen molar-refractivity contribution in [2.45, 2.75) is 11.8 Å². The molecule has 6 nitrogen and oxygen atoms in total. The Kier molecular flexibility index (Phi) is 5.06. The fourth-order valence-electron chi connectivity index (χ4n) is 2.18. The third-order valence-corrected chi connectivity index (χ3v) is 5.47. The lowest BCUT2D eigenvalue weighted by molar-refractivity contribution is 0.102. The van der Waals surface area contributed by atoms with E-state index in [4.69, 9.17) is 0 Å². The molecule has 0 aliphatic heterocycles. The zero-order valence-corrected chi connectivity index (χ0v) is 15.8. The molecule has 26 heavy (non-hydrogen) atoms. The van der Waals surface area contributed by atoms with Gasteiger partial charge in [0.15, 0.2) is 15.0 Å². The van der Waals surface area contributed by atoms with E-state index < -0.39 is 9.84 Å². The van der Waals surface area contributed by atoms with Gasteiger partial charge in [0.25, 0.3) is 5.91 Å². The van der Waals surface area contributed by atoms with Crippen LogP contribution in [0.15, 0.2) is 58.8 Å². The predicted molar refractivity (Wildman–Crippen MR) is 104 cm³/mol. The van der Waals surface area contributed by atoms with Crippen LogP contribution >= 0.6 is 11.3 Å². The Bertz CT molecular complexity index is 1020.